The molecule has 4 aromatic carbocycles. The third kappa shape index (κ3) is 5.48. The first kappa shape index (κ1) is 24.0. The predicted octanol–water partition coefficient (Wildman–Crippen LogP) is 5.88. The molecule has 4 aromatic rings. The van der Waals surface area contributed by atoms with E-state index in [2.05, 4.69) is 5.32 Å². The van der Waals surface area contributed by atoms with E-state index in [0.717, 1.165) is 16.3 Å². The fourth-order valence-electron chi connectivity index (χ4n) is 3.66. The van der Waals surface area contributed by atoms with Gasteiger partial charge in [0, 0.05) is 29.4 Å². The van der Waals surface area contributed by atoms with Crippen LogP contribution in [0.5, 0.6) is 11.5 Å². The van der Waals surface area contributed by atoms with E-state index < -0.39 is 10.8 Å². The van der Waals surface area contributed by atoms with Crippen LogP contribution in [-0.4, -0.2) is 17.9 Å². The van der Waals surface area contributed by atoms with Crippen molar-refractivity contribution in [3.05, 3.63) is 112 Å². The number of non-ortho nitro benzene ring substituents is 1. The molecule has 36 heavy (non-hydrogen) atoms. The van der Waals surface area contributed by atoms with Crippen molar-refractivity contribution < 1.29 is 19.2 Å². The number of nitriles is 1. The molecule has 178 valence electrons. The number of nitro groups is 1. The fourth-order valence-corrected chi connectivity index (χ4v) is 3.66. The van der Waals surface area contributed by atoms with Gasteiger partial charge in [-0.1, -0.05) is 48.5 Å². The highest BCUT2D eigenvalue weighted by Crippen LogP contribution is 2.29. The van der Waals surface area contributed by atoms with Crippen LogP contribution in [0, 0.1) is 21.4 Å². The molecule has 4 rings (SSSR count). The standard InChI is InChI=1S/C28H21N3O5/c1-35-25-13-12-20(14-22(17-29)28(32)30-23-9-5-10-24(15-23)31(33)34)27(16-25)36-18-21-8-4-7-19-6-2-3-11-26(19)21/h2-16H,18H2,1H3,(H,30,32)/b22-14+. The first-order valence-electron chi connectivity index (χ1n) is 10.9. The van der Waals surface area contributed by atoms with Crippen LogP contribution in [0.3, 0.4) is 0 Å². The van der Waals surface area contributed by atoms with Gasteiger partial charge in [-0.25, -0.2) is 0 Å². The van der Waals surface area contributed by atoms with Gasteiger partial charge in [0.25, 0.3) is 11.6 Å². The summed E-state index contributed by atoms with van der Waals surface area (Å²) in [7, 11) is 1.53. The fraction of sp³-hybridized carbons (Fsp3) is 0.0714. The Balaban J connectivity index is 1.61. The van der Waals surface area contributed by atoms with Gasteiger partial charge in [0.1, 0.15) is 29.7 Å². The number of nitrogens with zero attached hydrogens (tertiary/aromatic N) is 2. The SMILES string of the molecule is COc1ccc(/C=C(\C#N)C(=O)Nc2cccc([N+](=O)[O-])c2)c(OCc2cccc3ccccc23)c1. The van der Waals surface area contributed by atoms with Gasteiger partial charge in [0.2, 0.25) is 0 Å². The minimum Gasteiger partial charge on any atom is -0.497 e. The maximum absolute atomic E-state index is 12.8. The number of carbonyl (C=O) groups excluding carboxylic acids is 1. The average Bonchev–Trinajstić information content (AvgIpc) is 2.90. The highest BCUT2D eigenvalue weighted by molar-refractivity contribution is 6.10. The Morgan fingerprint density at radius 3 is 2.61 bits per heavy atom. The Hall–Kier alpha value is -5.16. The van der Waals surface area contributed by atoms with Crippen LogP contribution < -0.4 is 14.8 Å². The van der Waals surface area contributed by atoms with Crippen LogP contribution in [0.2, 0.25) is 0 Å². The molecule has 0 atom stereocenters. The van der Waals surface area contributed by atoms with Crippen molar-refractivity contribution in [2.75, 3.05) is 12.4 Å². The van der Waals surface area contributed by atoms with Crippen molar-refractivity contribution in [1.82, 2.24) is 0 Å². The second-order valence-electron chi connectivity index (χ2n) is 7.76. The van der Waals surface area contributed by atoms with Gasteiger partial charge in [-0.15, -0.1) is 0 Å². The van der Waals surface area contributed by atoms with E-state index in [1.165, 1.54) is 37.5 Å². The van der Waals surface area contributed by atoms with E-state index in [1.807, 2.05) is 48.5 Å². The van der Waals surface area contributed by atoms with E-state index in [9.17, 15) is 20.2 Å². The molecule has 8 heteroatoms. The van der Waals surface area contributed by atoms with Gasteiger partial charge < -0.3 is 14.8 Å². The monoisotopic (exact) mass is 479 g/mol. The van der Waals surface area contributed by atoms with Crippen molar-refractivity contribution in [3.63, 3.8) is 0 Å². The zero-order chi connectivity index (χ0) is 25.5. The molecule has 0 spiro atoms. The third-order valence-corrected chi connectivity index (χ3v) is 5.46. The largest absolute Gasteiger partial charge is 0.497 e. The lowest BCUT2D eigenvalue weighted by molar-refractivity contribution is -0.384. The molecule has 0 radical (unpaired) electrons. The average molecular weight is 479 g/mol. The molecule has 0 aliphatic rings. The third-order valence-electron chi connectivity index (χ3n) is 5.46. The number of carbonyl (C=O) groups is 1. The maximum Gasteiger partial charge on any atom is 0.271 e. The van der Waals surface area contributed by atoms with Crippen LogP contribution in [0.25, 0.3) is 16.8 Å². The maximum atomic E-state index is 12.8. The first-order chi connectivity index (χ1) is 17.5. The summed E-state index contributed by atoms with van der Waals surface area (Å²) in [6, 6.07) is 26.4. The lowest BCUT2D eigenvalue weighted by Gasteiger charge is -2.13. The topological polar surface area (TPSA) is 114 Å². The number of benzene rings is 4. The number of hydrogen-bond donors (Lipinski definition) is 1. The lowest BCUT2D eigenvalue weighted by atomic mass is 10.1. The lowest BCUT2D eigenvalue weighted by Crippen LogP contribution is -2.13. The quantitative estimate of drug-likeness (QED) is 0.146. The second kappa shape index (κ2) is 10.8. The number of rotatable bonds is 8. The highest BCUT2D eigenvalue weighted by atomic mass is 16.6. The molecule has 0 saturated carbocycles. The number of hydrogen-bond acceptors (Lipinski definition) is 6. The molecule has 0 aliphatic heterocycles. The van der Waals surface area contributed by atoms with Crippen LogP contribution in [0.1, 0.15) is 11.1 Å². The van der Waals surface area contributed by atoms with Crippen molar-refractivity contribution >= 4 is 34.1 Å². The number of nitrogens with one attached hydrogen (secondary N) is 1. The normalized spacial score (nSPS) is 10.9. The molecule has 0 bridgehead atoms. The van der Waals surface area contributed by atoms with Crippen molar-refractivity contribution in [2.24, 2.45) is 0 Å². The first-order valence-corrected chi connectivity index (χ1v) is 10.9. The zero-order valence-corrected chi connectivity index (χ0v) is 19.3. The van der Waals surface area contributed by atoms with Gasteiger partial charge in [0.15, 0.2) is 0 Å². The second-order valence-corrected chi connectivity index (χ2v) is 7.76. The molecule has 0 aliphatic carbocycles. The van der Waals surface area contributed by atoms with Crippen LogP contribution >= 0.6 is 0 Å². The van der Waals surface area contributed by atoms with Crippen molar-refractivity contribution in [2.45, 2.75) is 6.61 Å². The molecule has 0 aromatic heterocycles. The number of amides is 1. The Morgan fingerprint density at radius 2 is 1.83 bits per heavy atom. The summed E-state index contributed by atoms with van der Waals surface area (Å²) in [5, 5.41) is 25.3. The van der Waals surface area contributed by atoms with E-state index in [1.54, 1.807) is 18.2 Å². The van der Waals surface area contributed by atoms with Gasteiger partial charge in [-0.2, -0.15) is 5.26 Å². The van der Waals surface area contributed by atoms with Crippen LogP contribution in [0.15, 0.2) is 90.5 Å². The molecule has 0 fully saturated rings. The summed E-state index contributed by atoms with van der Waals surface area (Å²) in [5.74, 6) is 0.284. The van der Waals surface area contributed by atoms with Gasteiger partial charge in [0.05, 0.1) is 12.0 Å². The Labute approximate surface area is 207 Å². The van der Waals surface area contributed by atoms with E-state index >= 15 is 0 Å². The molecule has 0 unspecified atom stereocenters. The Morgan fingerprint density at radius 1 is 1.06 bits per heavy atom. The van der Waals surface area contributed by atoms with Crippen molar-refractivity contribution in [3.8, 4) is 17.6 Å². The summed E-state index contributed by atoms with van der Waals surface area (Å²) in [6.07, 6.45) is 1.41. The number of methoxy groups -OCH3 is 1. The van der Waals surface area contributed by atoms with Gasteiger partial charge in [-0.3, -0.25) is 14.9 Å². The molecular weight excluding hydrogens is 458 g/mol. The number of ether oxygens (including phenoxy) is 2. The Kier molecular flexibility index (Phi) is 7.22. The van der Waals surface area contributed by atoms with Crippen LogP contribution in [0.4, 0.5) is 11.4 Å². The van der Waals surface area contributed by atoms with Gasteiger partial charge in [-0.05, 0) is 40.6 Å². The minimum absolute atomic E-state index is 0.172. The van der Waals surface area contributed by atoms with Crippen LogP contribution in [-0.2, 0) is 11.4 Å². The van der Waals surface area contributed by atoms with Gasteiger partial charge >= 0.3 is 0 Å². The number of anilines is 1. The molecule has 1 N–H and O–H groups in total. The minimum atomic E-state index is -0.700. The predicted molar refractivity (Wildman–Crippen MR) is 137 cm³/mol. The van der Waals surface area contributed by atoms with E-state index in [4.69, 9.17) is 9.47 Å². The Bertz CT molecular complexity index is 1520. The molecule has 0 saturated heterocycles. The smallest absolute Gasteiger partial charge is 0.271 e. The van der Waals surface area contributed by atoms with E-state index in [-0.39, 0.29) is 23.6 Å². The summed E-state index contributed by atoms with van der Waals surface area (Å²) >= 11 is 0. The zero-order valence-electron chi connectivity index (χ0n) is 19.3. The molecule has 0 heterocycles. The summed E-state index contributed by atoms with van der Waals surface area (Å²) in [4.78, 5) is 23.2. The molecule has 1 amide bonds. The molecule has 8 nitrogen and oxygen atoms in total. The van der Waals surface area contributed by atoms with E-state index in [0.29, 0.717) is 17.1 Å². The van der Waals surface area contributed by atoms with Crippen molar-refractivity contribution in [1.29, 1.82) is 5.26 Å². The highest BCUT2D eigenvalue weighted by Gasteiger charge is 2.14. The summed E-state index contributed by atoms with van der Waals surface area (Å²) in [6.45, 7) is 0.261. The molecular formula is C28H21N3O5. The summed E-state index contributed by atoms with van der Waals surface area (Å²) < 4.78 is 11.4. The number of nitro benzene ring substituents is 1. The number of fused-ring (bicyclic) bond motifs is 1. The summed E-state index contributed by atoms with van der Waals surface area (Å²) in [5.41, 5.74) is 1.32.